The standard InChI is InChI=1S/C12H16N4O2S/c1-3-4-8-5-9-11(19-8)14-6-16(12(9)18)7(2)10(17)15-13/h5-7H,3-4,13H2,1-2H3,(H,15,17). The van der Waals surface area contributed by atoms with Crippen molar-refractivity contribution in [1.82, 2.24) is 15.0 Å². The highest BCUT2D eigenvalue weighted by Gasteiger charge is 2.17. The molecule has 2 aromatic heterocycles. The van der Waals surface area contributed by atoms with Crippen molar-refractivity contribution in [3.05, 3.63) is 27.6 Å². The number of carbonyl (C=O) groups excluding carboxylic acids is 1. The second-order valence-corrected chi connectivity index (χ2v) is 5.44. The summed E-state index contributed by atoms with van der Waals surface area (Å²) < 4.78 is 1.30. The normalized spacial score (nSPS) is 12.6. The molecule has 0 fully saturated rings. The number of aromatic nitrogens is 2. The van der Waals surface area contributed by atoms with Gasteiger partial charge in [-0.05, 0) is 19.4 Å². The Bertz CT molecular complexity index is 661. The molecule has 0 bridgehead atoms. The Kier molecular flexibility index (Phi) is 3.96. The van der Waals surface area contributed by atoms with Gasteiger partial charge in [0.25, 0.3) is 11.5 Å². The molecule has 6 nitrogen and oxygen atoms in total. The number of thiophene rings is 1. The topological polar surface area (TPSA) is 90.0 Å². The van der Waals surface area contributed by atoms with Crippen LogP contribution in [-0.4, -0.2) is 15.5 Å². The molecular formula is C12H16N4O2S. The number of nitrogens with two attached hydrogens (primary N) is 1. The molecule has 1 amide bonds. The smallest absolute Gasteiger partial charge is 0.262 e. The Morgan fingerprint density at radius 3 is 3.00 bits per heavy atom. The summed E-state index contributed by atoms with van der Waals surface area (Å²) in [7, 11) is 0. The molecule has 0 saturated carbocycles. The molecular weight excluding hydrogens is 264 g/mol. The molecule has 102 valence electrons. The maximum absolute atomic E-state index is 12.3. The predicted octanol–water partition coefficient (Wildman–Crippen LogP) is 0.961. The number of amides is 1. The van der Waals surface area contributed by atoms with E-state index < -0.39 is 11.9 Å². The van der Waals surface area contributed by atoms with Gasteiger partial charge in [-0.2, -0.15) is 0 Å². The summed E-state index contributed by atoms with van der Waals surface area (Å²) in [4.78, 5) is 29.9. The maximum Gasteiger partial charge on any atom is 0.262 e. The van der Waals surface area contributed by atoms with E-state index in [-0.39, 0.29) is 5.56 Å². The molecule has 2 aromatic rings. The van der Waals surface area contributed by atoms with Gasteiger partial charge in [0.15, 0.2) is 0 Å². The molecule has 0 aliphatic heterocycles. The van der Waals surface area contributed by atoms with Crippen LogP contribution in [0.25, 0.3) is 10.2 Å². The van der Waals surface area contributed by atoms with E-state index in [1.54, 1.807) is 6.92 Å². The van der Waals surface area contributed by atoms with E-state index in [1.807, 2.05) is 11.5 Å². The Morgan fingerprint density at radius 1 is 1.63 bits per heavy atom. The molecule has 0 spiro atoms. The largest absolute Gasteiger partial charge is 0.292 e. The van der Waals surface area contributed by atoms with Crippen molar-refractivity contribution in [3.63, 3.8) is 0 Å². The summed E-state index contributed by atoms with van der Waals surface area (Å²) in [5.41, 5.74) is 1.83. The lowest BCUT2D eigenvalue weighted by molar-refractivity contribution is -0.124. The van der Waals surface area contributed by atoms with Crippen LogP contribution in [0.1, 0.15) is 31.2 Å². The van der Waals surface area contributed by atoms with E-state index >= 15 is 0 Å². The van der Waals surface area contributed by atoms with Gasteiger partial charge in [0.1, 0.15) is 10.9 Å². The molecule has 0 radical (unpaired) electrons. The fraction of sp³-hybridized carbons (Fsp3) is 0.417. The number of hydrogen-bond acceptors (Lipinski definition) is 5. The van der Waals surface area contributed by atoms with Crippen LogP contribution in [0.15, 0.2) is 17.2 Å². The third-order valence-electron chi connectivity index (χ3n) is 2.96. The van der Waals surface area contributed by atoms with Crippen LogP contribution in [0.4, 0.5) is 0 Å². The van der Waals surface area contributed by atoms with Gasteiger partial charge in [0.2, 0.25) is 0 Å². The van der Waals surface area contributed by atoms with Crippen molar-refractivity contribution >= 4 is 27.5 Å². The summed E-state index contributed by atoms with van der Waals surface area (Å²) in [6, 6.07) is 1.19. The molecule has 2 heterocycles. The van der Waals surface area contributed by atoms with Crippen molar-refractivity contribution < 1.29 is 4.79 Å². The van der Waals surface area contributed by atoms with E-state index in [2.05, 4.69) is 11.9 Å². The van der Waals surface area contributed by atoms with E-state index in [0.717, 1.165) is 17.7 Å². The highest BCUT2D eigenvalue weighted by atomic mass is 32.1. The number of hydrogen-bond donors (Lipinski definition) is 2. The zero-order valence-electron chi connectivity index (χ0n) is 10.8. The van der Waals surface area contributed by atoms with Gasteiger partial charge in [-0.25, -0.2) is 10.8 Å². The Hall–Kier alpha value is -1.73. The van der Waals surface area contributed by atoms with Crippen molar-refractivity contribution in [1.29, 1.82) is 0 Å². The average molecular weight is 280 g/mol. The molecule has 3 N–H and O–H groups in total. The molecule has 0 saturated heterocycles. The summed E-state index contributed by atoms with van der Waals surface area (Å²) in [5, 5.41) is 0.563. The summed E-state index contributed by atoms with van der Waals surface area (Å²) in [6.45, 7) is 3.69. The molecule has 1 unspecified atom stereocenters. The first kappa shape index (κ1) is 13.7. The summed E-state index contributed by atoms with van der Waals surface area (Å²) in [5.74, 6) is 4.66. The quantitative estimate of drug-likeness (QED) is 0.496. The second-order valence-electron chi connectivity index (χ2n) is 4.32. The van der Waals surface area contributed by atoms with Crippen molar-refractivity contribution in [2.75, 3.05) is 0 Å². The number of hydrazine groups is 1. The van der Waals surface area contributed by atoms with Gasteiger partial charge < -0.3 is 0 Å². The van der Waals surface area contributed by atoms with E-state index in [4.69, 9.17) is 5.84 Å². The van der Waals surface area contributed by atoms with Crippen LogP contribution in [0, 0.1) is 0 Å². The van der Waals surface area contributed by atoms with Gasteiger partial charge in [-0.1, -0.05) is 13.3 Å². The SMILES string of the molecule is CCCc1cc2c(=O)n(C(C)C(=O)NN)cnc2s1. The number of nitrogens with one attached hydrogen (secondary N) is 1. The number of fused-ring (bicyclic) bond motifs is 1. The summed E-state index contributed by atoms with van der Waals surface area (Å²) in [6.07, 6.45) is 3.35. The Labute approximate surface area is 114 Å². The first-order valence-corrected chi connectivity index (χ1v) is 6.90. The van der Waals surface area contributed by atoms with Crippen molar-refractivity contribution in [3.8, 4) is 0 Å². The second kappa shape index (κ2) is 5.50. The van der Waals surface area contributed by atoms with E-state index in [9.17, 15) is 9.59 Å². The number of nitrogens with zero attached hydrogens (tertiary/aromatic N) is 2. The average Bonchev–Trinajstić information content (AvgIpc) is 2.81. The first-order chi connectivity index (χ1) is 9.08. The molecule has 0 aliphatic rings. The van der Waals surface area contributed by atoms with Crippen LogP contribution >= 0.6 is 11.3 Å². The highest BCUT2D eigenvalue weighted by molar-refractivity contribution is 7.18. The van der Waals surface area contributed by atoms with Crippen LogP contribution < -0.4 is 16.8 Å². The number of rotatable bonds is 4. The maximum atomic E-state index is 12.3. The van der Waals surface area contributed by atoms with E-state index in [1.165, 1.54) is 22.2 Å². The minimum absolute atomic E-state index is 0.209. The zero-order valence-corrected chi connectivity index (χ0v) is 11.7. The Balaban J connectivity index is 2.51. The lowest BCUT2D eigenvalue weighted by atomic mass is 10.2. The van der Waals surface area contributed by atoms with Crippen molar-refractivity contribution in [2.24, 2.45) is 5.84 Å². The molecule has 1 atom stereocenters. The fourth-order valence-corrected chi connectivity index (χ4v) is 2.97. The van der Waals surface area contributed by atoms with Crippen LogP contribution in [0.3, 0.4) is 0 Å². The first-order valence-electron chi connectivity index (χ1n) is 6.08. The molecule has 19 heavy (non-hydrogen) atoms. The van der Waals surface area contributed by atoms with Crippen LogP contribution in [-0.2, 0) is 11.2 Å². The van der Waals surface area contributed by atoms with E-state index in [0.29, 0.717) is 10.2 Å². The molecule has 2 rings (SSSR count). The van der Waals surface area contributed by atoms with Gasteiger partial charge in [-0.15, -0.1) is 11.3 Å². The van der Waals surface area contributed by atoms with Gasteiger partial charge in [0, 0.05) is 4.88 Å². The highest BCUT2D eigenvalue weighted by Crippen LogP contribution is 2.22. The molecule has 7 heteroatoms. The lowest BCUT2D eigenvalue weighted by Crippen LogP contribution is -2.39. The minimum atomic E-state index is -0.677. The molecule has 0 aliphatic carbocycles. The summed E-state index contributed by atoms with van der Waals surface area (Å²) >= 11 is 1.52. The zero-order chi connectivity index (χ0) is 14.0. The molecule has 0 aromatic carbocycles. The third-order valence-corrected chi connectivity index (χ3v) is 4.07. The van der Waals surface area contributed by atoms with Crippen LogP contribution in [0.2, 0.25) is 0 Å². The predicted molar refractivity (Wildman–Crippen MR) is 74.9 cm³/mol. The van der Waals surface area contributed by atoms with Gasteiger partial charge in [-0.3, -0.25) is 19.6 Å². The Morgan fingerprint density at radius 2 is 2.37 bits per heavy atom. The monoisotopic (exact) mass is 280 g/mol. The third kappa shape index (κ3) is 2.52. The fourth-order valence-electron chi connectivity index (χ4n) is 1.88. The van der Waals surface area contributed by atoms with Gasteiger partial charge in [0.05, 0.1) is 11.7 Å². The number of aryl methyl sites for hydroxylation is 1. The van der Waals surface area contributed by atoms with Crippen LogP contribution in [0.5, 0.6) is 0 Å². The lowest BCUT2D eigenvalue weighted by Gasteiger charge is -2.12. The van der Waals surface area contributed by atoms with Gasteiger partial charge >= 0.3 is 0 Å². The number of carbonyl (C=O) groups is 1. The minimum Gasteiger partial charge on any atom is -0.292 e. The van der Waals surface area contributed by atoms with Crippen molar-refractivity contribution in [2.45, 2.75) is 32.7 Å².